The van der Waals surface area contributed by atoms with Gasteiger partial charge in [0, 0.05) is 11.3 Å². The molecule has 1 N–H and O–H groups in total. The van der Waals surface area contributed by atoms with Crippen molar-refractivity contribution in [1.29, 1.82) is 0 Å². The van der Waals surface area contributed by atoms with Gasteiger partial charge in [-0.25, -0.2) is 4.98 Å². The van der Waals surface area contributed by atoms with Crippen LogP contribution in [0, 0.1) is 20.8 Å². The van der Waals surface area contributed by atoms with Crippen LogP contribution in [0.4, 0.5) is 5.69 Å². The van der Waals surface area contributed by atoms with Gasteiger partial charge in [-0.3, -0.25) is 4.79 Å². The average molecular weight is 322 g/mol. The number of benzene rings is 2. The first-order valence-electron chi connectivity index (χ1n) is 7.46. The Hall–Kier alpha value is -2.46. The highest BCUT2D eigenvalue weighted by molar-refractivity contribution is 7.17. The smallest absolute Gasteiger partial charge is 0.267 e. The molecule has 0 aliphatic rings. The van der Waals surface area contributed by atoms with E-state index in [0.717, 1.165) is 33.1 Å². The van der Waals surface area contributed by atoms with Crippen molar-refractivity contribution < 1.29 is 4.79 Å². The van der Waals surface area contributed by atoms with E-state index in [1.165, 1.54) is 11.3 Å². The Morgan fingerprint density at radius 1 is 1.00 bits per heavy atom. The Labute approximate surface area is 140 Å². The third-order valence-corrected chi connectivity index (χ3v) is 5.08. The highest BCUT2D eigenvalue weighted by Gasteiger charge is 2.17. The molecule has 1 heterocycles. The Kier molecular flexibility index (Phi) is 4.26. The molecular formula is C19H18N2OS. The van der Waals surface area contributed by atoms with Crippen molar-refractivity contribution in [1.82, 2.24) is 4.98 Å². The molecule has 2 aromatic carbocycles. The van der Waals surface area contributed by atoms with Crippen LogP contribution >= 0.6 is 11.3 Å². The van der Waals surface area contributed by atoms with Gasteiger partial charge in [-0.2, -0.15) is 0 Å². The minimum Gasteiger partial charge on any atom is -0.321 e. The number of hydrogen-bond acceptors (Lipinski definition) is 3. The number of hydrogen-bond donors (Lipinski definition) is 1. The SMILES string of the molecule is Cc1cccc(NC(=O)c2sc(-c3ccccc3)nc2C)c1C. The molecule has 0 saturated carbocycles. The molecule has 1 aromatic heterocycles. The van der Waals surface area contributed by atoms with Crippen molar-refractivity contribution in [3.05, 3.63) is 70.2 Å². The average Bonchev–Trinajstić information content (AvgIpc) is 2.95. The second-order valence-corrected chi connectivity index (χ2v) is 6.50. The molecular weight excluding hydrogens is 304 g/mol. The van der Waals surface area contributed by atoms with Crippen LogP contribution in [-0.4, -0.2) is 10.9 Å². The quantitative estimate of drug-likeness (QED) is 0.738. The molecule has 116 valence electrons. The van der Waals surface area contributed by atoms with Crippen molar-refractivity contribution in [3.8, 4) is 10.6 Å². The first-order chi connectivity index (χ1) is 11.1. The third kappa shape index (κ3) is 3.17. The molecule has 0 unspecified atom stereocenters. The summed E-state index contributed by atoms with van der Waals surface area (Å²) in [6, 6.07) is 15.8. The zero-order valence-corrected chi connectivity index (χ0v) is 14.2. The van der Waals surface area contributed by atoms with Gasteiger partial charge in [-0.15, -0.1) is 11.3 Å². The van der Waals surface area contributed by atoms with Gasteiger partial charge in [0.25, 0.3) is 5.91 Å². The van der Waals surface area contributed by atoms with E-state index in [-0.39, 0.29) is 5.91 Å². The molecule has 0 spiro atoms. The van der Waals surface area contributed by atoms with Gasteiger partial charge in [-0.05, 0) is 38.0 Å². The number of aryl methyl sites for hydroxylation is 2. The first kappa shape index (κ1) is 15.4. The van der Waals surface area contributed by atoms with E-state index in [4.69, 9.17) is 0 Å². The standard InChI is InChI=1S/C19H18N2OS/c1-12-8-7-11-16(13(12)2)21-18(22)17-14(3)20-19(23-17)15-9-5-4-6-10-15/h4-11H,1-3H3,(H,21,22). The molecule has 3 rings (SSSR count). The molecule has 3 aromatic rings. The van der Waals surface area contributed by atoms with E-state index in [2.05, 4.69) is 10.3 Å². The van der Waals surface area contributed by atoms with Crippen LogP contribution in [0.25, 0.3) is 10.6 Å². The summed E-state index contributed by atoms with van der Waals surface area (Å²) >= 11 is 1.43. The van der Waals surface area contributed by atoms with Gasteiger partial charge in [0.2, 0.25) is 0 Å². The molecule has 0 bridgehead atoms. The zero-order chi connectivity index (χ0) is 16.4. The lowest BCUT2D eigenvalue weighted by Crippen LogP contribution is -2.12. The number of carbonyl (C=O) groups is 1. The van der Waals surface area contributed by atoms with Crippen molar-refractivity contribution in [2.45, 2.75) is 20.8 Å². The van der Waals surface area contributed by atoms with Crippen LogP contribution in [0.3, 0.4) is 0 Å². The zero-order valence-electron chi connectivity index (χ0n) is 13.4. The summed E-state index contributed by atoms with van der Waals surface area (Å²) in [5.74, 6) is -0.101. The predicted octanol–water partition coefficient (Wildman–Crippen LogP) is 4.99. The Balaban J connectivity index is 1.89. The maximum Gasteiger partial charge on any atom is 0.267 e. The number of anilines is 1. The van der Waals surface area contributed by atoms with Gasteiger partial charge >= 0.3 is 0 Å². The molecule has 0 atom stereocenters. The fourth-order valence-corrected chi connectivity index (χ4v) is 3.34. The van der Waals surface area contributed by atoms with E-state index < -0.39 is 0 Å². The number of nitrogens with zero attached hydrogens (tertiary/aromatic N) is 1. The molecule has 0 radical (unpaired) electrons. The minimum atomic E-state index is -0.101. The van der Waals surface area contributed by atoms with Crippen molar-refractivity contribution in [2.24, 2.45) is 0 Å². The van der Waals surface area contributed by atoms with Crippen LogP contribution < -0.4 is 5.32 Å². The topological polar surface area (TPSA) is 42.0 Å². The number of carbonyl (C=O) groups excluding carboxylic acids is 1. The lowest BCUT2D eigenvalue weighted by atomic mass is 10.1. The second-order valence-electron chi connectivity index (χ2n) is 5.50. The second kappa shape index (κ2) is 6.34. The third-order valence-electron chi connectivity index (χ3n) is 3.88. The summed E-state index contributed by atoms with van der Waals surface area (Å²) in [6.45, 7) is 5.93. The van der Waals surface area contributed by atoms with E-state index in [1.807, 2.05) is 69.3 Å². The molecule has 0 aliphatic heterocycles. The monoisotopic (exact) mass is 322 g/mol. The van der Waals surface area contributed by atoms with Crippen LogP contribution in [0.5, 0.6) is 0 Å². The van der Waals surface area contributed by atoms with Crippen LogP contribution in [-0.2, 0) is 0 Å². The summed E-state index contributed by atoms with van der Waals surface area (Å²) < 4.78 is 0. The molecule has 0 saturated heterocycles. The fourth-order valence-electron chi connectivity index (χ4n) is 2.38. The lowest BCUT2D eigenvalue weighted by molar-refractivity contribution is 0.102. The fraction of sp³-hybridized carbons (Fsp3) is 0.158. The van der Waals surface area contributed by atoms with E-state index in [0.29, 0.717) is 4.88 Å². The molecule has 23 heavy (non-hydrogen) atoms. The van der Waals surface area contributed by atoms with Crippen molar-refractivity contribution in [2.75, 3.05) is 5.32 Å². The maximum absolute atomic E-state index is 12.6. The lowest BCUT2D eigenvalue weighted by Gasteiger charge is -2.09. The first-order valence-corrected chi connectivity index (χ1v) is 8.28. The van der Waals surface area contributed by atoms with Crippen molar-refractivity contribution in [3.63, 3.8) is 0 Å². The Bertz CT molecular complexity index is 853. The number of nitrogens with one attached hydrogen (secondary N) is 1. The highest BCUT2D eigenvalue weighted by atomic mass is 32.1. The molecule has 4 heteroatoms. The Morgan fingerprint density at radius 3 is 2.48 bits per heavy atom. The summed E-state index contributed by atoms with van der Waals surface area (Å²) in [6.07, 6.45) is 0. The van der Waals surface area contributed by atoms with Gasteiger partial charge < -0.3 is 5.32 Å². The van der Waals surface area contributed by atoms with Gasteiger partial charge in [-0.1, -0.05) is 42.5 Å². The predicted molar refractivity (Wildman–Crippen MR) is 96.2 cm³/mol. The van der Waals surface area contributed by atoms with Gasteiger partial charge in [0.1, 0.15) is 9.88 Å². The maximum atomic E-state index is 12.6. The number of rotatable bonds is 3. The van der Waals surface area contributed by atoms with Gasteiger partial charge in [0.05, 0.1) is 5.69 Å². The van der Waals surface area contributed by atoms with Gasteiger partial charge in [0.15, 0.2) is 0 Å². The molecule has 0 fully saturated rings. The van der Waals surface area contributed by atoms with E-state index in [1.54, 1.807) is 0 Å². The largest absolute Gasteiger partial charge is 0.321 e. The van der Waals surface area contributed by atoms with Crippen LogP contribution in [0.15, 0.2) is 48.5 Å². The van der Waals surface area contributed by atoms with Crippen LogP contribution in [0.2, 0.25) is 0 Å². The minimum absolute atomic E-state index is 0.101. The van der Waals surface area contributed by atoms with Crippen molar-refractivity contribution >= 4 is 22.9 Å². The summed E-state index contributed by atoms with van der Waals surface area (Å²) in [5, 5.41) is 3.87. The summed E-state index contributed by atoms with van der Waals surface area (Å²) in [7, 11) is 0. The van der Waals surface area contributed by atoms with Crippen LogP contribution in [0.1, 0.15) is 26.5 Å². The van der Waals surface area contributed by atoms with E-state index >= 15 is 0 Å². The number of amides is 1. The number of thiazole rings is 1. The number of aromatic nitrogens is 1. The highest BCUT2D eigenvalue weighted by Crippen LogP contribution is 2.29. The summed E-state index contributed by atoms with van der Waals surface area (Å²) in [5.41, 5.74) is 4.90. The normalized spacial score (nSPS) is 10.6. The Morgan fingerprint density at radius 2 is 1.74 bits per heavy atom. The van der Waals surface area contributed by atoms with E-state index in [9.17, 15) is 4.79 Å². The molecule has 1 amide bonds. The summed E-state index contributed by atoms with van der Waals surface area (Å²) in [4.78, 5) is 17.8. The molecule has 0 aliphatic carbocycles. The molecule has 3 nitrogen and oxygen atoms in total.